The van der Waals surface area contributed by atoms with Gasteiger partial charge in [0.15, 0.2) is 0 Å². The number of aryl methyl sites for hydroxylation is 1. The van der Waals surface area contributed by atoms with Crippen LogP contribution in [0.25, 0.3) is 0 Å². The molecule has 0 amide bonds. The van der Waals surface area contributed by atoms with Crippen molar-refractivity contribution in [2.45, 2.75) is 32.4 Å². The first-order chi connectivity index (χ1) is 6.50. The number of hydrogen-bond donors (Lipinski definition) is 2. The largest absolute Gasteiger partial charge is 0.388 e. The first-order valence-electron chi connectivity index (χ1n) is 4.70. The Morgan fingerprint density at radius 3 is 2.71 bits per heavy atom. The molecule has 3 heteroatoms. The average molecular weight is 197 g/mol. The minimum atomic E-state index is -0.810. The molecule has 2 atom stereocenters. The molecule has 0 aliphatic heterocycles. The molecule has 3 N–H and O–H groups in total. The van der Waals surface area contributed by atoms with Gasteiger partial charge in [0.1, 0.15) is 5.82 Å². The van der Waals surface area contributed by atoms with E-state index in [4.69, 9.17) is 5.73 Å². The van der Waals surface area contributed by atoms with Crippen LogP contribution >= 0.6 is 0 Å². The fraction of sp³-hybridized carbons (Fsp3) is 0.455. The van der Waals surface area contributed by atoms with Crippen LogP contribution in [0.1, 0.15) is 30.6 Å². The number of nitrogens with two attached hydrogens (primary N) is 1. The molecule has 1 aromatic carbocycles. The lowest BCUT2D eigenvalue weighted by atomic mass is 10.0. The van der Waals surface area contributed by atoms with Crippen LogP contribution in [0.3, 0.4) is 0 Å². The predicted molar refractivity (Wildman–Crippen MR) is 54.4 cm³/mol. The maximum atomic E-state index is 13.3. The first kappa shape index (κ1) is 11.1. The highest BCUT2D eigenvalue weighted by molar-refractivity contribution is 5.25. The highest BCUT2D eigenvalue weighted by atomic mass is 19.1. The van der Waals surface area contributed by atoms with Gasteiger partial charge in [0.25, 0.3) is 0 Å². The van der Waals surface area contributed by atoms with Crippen molar-refractivity contribution in [1.29, 1.82) is 0 Å². The number of hydrogen-bond acceptors (Lipinski definition) is 2. The minimum absolute atomic E-state index is 0.134. The molecule has 0 aliphatic carbocycles. The van der Waals surface area contributed by atoms with Crippen LogP contribution in [0.4, 0.5) is 4.39 Å². The first-order valence-corrected chi connectivity index (χ1v) is 4.70. The zero-order valence-corrected chi connectivity index (χ0v) is 8.50. The van der Waals surface area contributed by atoms with E-state index in [2.05, 4.69) is 0 Å². The van der Waals surface area contributed by atoms with E-state index >= 15 is 0 Å². The number of halogens is 1. The summed E-state index contributed by atoms with van der Waals surface area (Å²) in [6, 6.07) is 4.57. The number of aliphatic hydroxyl groups is 1. The molecular formula is C11H16FNO. The second-order valence-electron chi connectivity index (χ2n) is 3.75. The van der Waals surface area contributed by atoms with Gasteiger partial charge in [-0.15, -0.1) is 0 Å². The van der Waals surface area contributed by atoms with E-state index in [9.17, 15) is 9.50 Å². The number of benzene rings is 1. The van der Waals surface area contributed by atoms with Crippen LogP contribution < -0.4 is 5.73 Å². The monoisotopic (exact) mass is 197 g/mol. The van der Waals surface area contributed by atoms with Gasteiger partial charge in [-0.1, -0.05) is 17.7 Å². The van der Waals surface area contributed by atoms with Crippen molar-refractivity contribution in [3.05, 3.63) is 35.1 Å². The third kappa shape index (κ3) is 2.79. The van der Waals surface area contributed by atoms with E-state index in [0.717, 1.165) is 5.56 Å². The Labute approximate surface area is 83.6 Å². The number of rotatable bonds is 3. The highest BCUT2D eigenvalue weighted by Gasteiger charge is 2.14. The number of aliphatic hydroxyl groups excluding tert-OH is 1. The Bertz CT molecular complexity index is 312. The van der Waals surface area contributed by atoms with Crippen molar-refractivity contribution < 1.29 is 9.50 Å². The summed E-state index contributed by atoms with van der Waals surface area (Å²) in [5, 5.41) is 9.68. The SMILES string of the molecule is Cc1ccc(F)c(C(O)CC(C)N)c1. The normalized spacial score (nSPS) is 15.2. The van der Waals surface area contributed by atoms with Gasteiger partial charge in [0.05, 0.1) is 6.10 Å². The summed E-state index contributed by atoms with van der Waals surface area (Å²) in [4.78, 5) is 0. The van der Waals surface area contributed by atoms with Gasteiger partial charge in [-0.2, -0.15) is 0 Å². The molecule has 2 nitrogen and oxygen atoms in total. The van der Waals surface area contributed by atoms with E-state index in [1.807, 2.05) is 6.92 Å². The molecule has 78 valence electrons. The van der Waals surface area contributed by atoms with E-state index in [1.165, 1.54) is 6.07 Å². The maximum Gasteiger partial charge on any atom is 0.129 e. The van der Waals surface area contributed by atoms with Crippen molar-refractivity contribution in [3.8, 4) is 0 Å². The van der Waals surface area contributed by atoms with Gasteiger partial charge in [-0.05, 0) is 26.3 Å². The summed E-state index contributed by atoms with van der Waals surface area (Å²) < 4.78 is 13.3. The van der Waals surface area contributed by atoms with Crippen LogP contribution in [-0.2, 0) is 0 Å². The quantitative estimate of drug-likeness (QED) is 0.777. The smallest absolute Gasteiger partial charge is 0.129 e. The third-order valence-corrected chi connectivity index (χ3v) is 2.11. The molecule has 0 radical (unpaired) electrons. The van der Waals surface area contributed by atoms with E-state index in [0.29, 0.717) is 12.0 Å². The summed E-state index contributed by atoms with van der Waals surface area (Å²) in [7, 11) is 0. The fourth-order valence-corrected chi connectivity index (χ4v) is 1.40. The predicted octanol–water partition coefficient (Wildman–Crippen LogP) is 1.90. The van der Waals surface area contributed by atoms with Crippen molar-refractivity contribution in [1.82, 2.24) is 0 Å². The Morgan fingerprint density at radius 1 is 1.50 bits per heavy atom. The molecule has 1 aromatic rings. The summed E-state index contributed by atoms with van der Waals surface area (Å²) in [5.41, 5.74) is 6.81. The van der Waals surface area contributed by atoms with Gasteiger partial charge in [0, 0.05) is 11.6 Å². The molecule has 0 spiro atoms. The molecule has 0 bridgehead atoms. The highest BCUT2D eigenvalue weighted by Crippen LogP contribution is 2.21. The molecule has 0 heterocycles. The summed E-state index contributed by atoms with van der Waals surface area (Å²) in [6.45, 7) is 3.65. The van der Waals surface area contributed by atoms with Crippen molar-refractivity contribution >= 4 is 0 Å². The zero-order chi connectivity index (χ0) is 10.7. The van der Waals surface area contributed by atoms with Gasteiger partial charge >= 0.3 is 0 Å². The topological polar surface area (TPSA) is 46.2 Å². The van der Waals surface area contributed by atoms with Gasteiger partial charge in [0.2, 0.25) is 0 Å². The van der Waals surface area contributed by atoms with Gasteiger partial charge in [-0.25, -0.2) is 4.39 Å². The second kappa shape index (κ2) is 4.53. The van der Waals surface area contributed by atoms with E-state index in [1.54, 1.807) is 19.1 Å². The minimum Gasteiger partial charge on any atom is -0.388 e. The van der Waals surface area contributed by atoms with Crippen LogP contribution in [0.15, 0.2) is 18.2 Å². The van der Waals surface area contributed by atoms with Crippen LogP contribution in [-0.4, -0.2) is 11.1 Å². The molecule has 0 fully saturated rings. The lowest BCUT2D eigenvalue weighted by Gasteiger charge is -2.14. The van der Waals surface area contributed by atoms with Crippen LogP contribution in [0, 0.1) is 12.7 Å². The van der Waals surface area contributed by atoms with E-state index < -0.39 is 6.10 Å². The Hall–Kier alpha value is -0.930. The summed E-state index contributed by atoms with van der Waals surface area (Å²) in [5.74, 6) is -0.372. The molecular weight excluding hydrogens is 181 g/mol. The van der Waals surface area contributed by atoms with Crippen LogP contribution in [0.5, 0.6) is 0 Å². The Morgan fingerprint density at radius 2 is 2.14 bits per heavy atom. The van der Waals surface area contributed by atoms with Gasteiger partial charge < -0.3 is 10.8 Å². The van der Waals surface area contributed by atoms with Gasteiger partial charge in [-0.3, -0.25) is 0 Å². The fourth-order valence-electron chi connectivity index (χ4n) is 1.40. The molecule has 0 aliphatic rings. The van der Waals surface area contributed by atoms with Crippen molar-refractivity contribution in [3.63, 3.8) is 0 Å². The molecule has 14 heavy (non-hydrogen) atoms. The van der Waals surface area contributed by atoms with Crippen molar-refractivity contribution in [2.24, 2.45) is 5.73 Å². The molecule has 0 saturated carbocycles. The second-order valence-corrected chi connectivity index (χ2v) is 3.75. The molecule has 0 saturated heterocycles. The molecule has 0 aromatic heterocycles. The average Bonchev–Trinajstić information content (AvgIpc) is 2.08. The standard InChI is InChI=1S/C11H16FNO/c1-7-3-4-10(12)9(5-7)11(14)6-8(2)13/h3-5,8,11,14H,6,13H2,1-2H3. The molecule has 2 unspecified atom stereocenters. The Kier molecular flexibility index (Phi) is 3.61. The lowest BCUT2D eigenvalue weighted by Crippen LogP contribution is -2.19. The maximum absolute atomic E-state index is 13.3. The summed E-state index contributed by atoms with van der Waals surface area (Å²) >= 11 is 0. The molecule has 1 rings (SSSR count). The van der Waals surface area contributed by atoms with Crippen LogP contribution in [0.2, 0.25) is 0 Å². The van der Waals surface area contributed by atoms with E-state index in [-0.39, 0.29) is 11.9 Å². The lowest BCUT2D eigenvalue weighted by molar-refractivity contribution is 0.155. The Balaban J connectivity index is 2.88. The zero-order valence-electron chi connectivity index (χ0n) is 8.50. The van der Waals surface area contributed by atoms with Crippen molar-refractivity contribution in [2.75, 3.05) is 0 Å². The third-order valence-electron chi connectivity index (χ3n) is 2.11. The summed E-state index contributed by atoms with van der Waals surface area (Å²) in [6.07, 6.45) is -0.435.